The molecule has 1 aromatic carbocycles. The Morgan fingerprint density at radius 1 is 1.28 bits per heavy atom. The van der Waals surface area contributed by atoms with Crippen LogP contribution in [-0.4, -0.2) is 65.7 Å². The molecule has 0 saturated carbocycles. The summed E-state index contributed by atoms with van der Waals surface area (Å²) in [6, 6.07) is 3.25. The summed E-state index contributed by atoms with van der Waals surface area (Å²) in [4.78, 5) is 25.7. The molecule has 0 bridgehead atoms. The highest BCUT2D eigenvalue weighted by atomic mass is 19.4. The van der Waals surface area contributed by atoms with Crippen LogP contribution in [0.5, 0.6) is 0 Å². The molecule has 1 fully saturated rings. The number of aromatic nitrogens is 2. The predicted molar refractivity (Wildman–Crippen MR) is 96.3 cm³/mol. The molecule has 1 aliphatic rings. The normalized spacial score (nSPS) is 14.0. The largest absolute Gasteiger partial charge is 0.426 e. The van der Waals surface area contributed by atoms with E-state index in [2.05, 4.69) is 15.2 Å². The number of likely N-dealkylation sites (tertiary alicyclic amines) is 1. The van der Waals surface area contributed by atoms with Gasteiger partial charge in [0.25, 0.3) is 5.91 Å². The molecule has 1 N–H and O–H groups in total. The van der Waals surface area contributed by atoms with Crippen molar-refractivity contribution in [3.63, 3.8) is 0 Å². The Morgan fingerprint density at radius 2 is 2.03 bits per heavy atom. The first kappa shape index (κ1) is 20.9. The lowest BCUT2D eigenvalue weighted by atomic mass is 10.0. The molecule has 0 radical (unpaired) electrons. The number of benzene rings is 1. The second-order valence-electron chi connectivity index (χ2n) is 6.64. The molecule has 0 unspecified atom stereocenters. The molecule has 2 aromatic rings. The van der Waals surface area contributed by atoms with Gasteiger partial charge in [-0.05, 0) is 31.0 Å². The summed E-state index contributed by atoms with van der Waals surface area (Å²) >= 11 is 0. The Hall–Kier alpha value is -2.82. The summed E-state index contributed by atoms with van der Waals surface area (Å²) in [6.45, 7) is 1.45. The Bertz CT molecular complexity index is 893. The third-order valence-electron chi connectivity index (χ3n) is 4.48. The summed E-state index contributed by atoms with van der Waals surface area (Å²) in [5.41, 5.74) is 1.68. The lowest BCUT2D eigenvalue weighted by Gasteiger charge is -2.29. The summed E-state index contributed by atoms with van der Waals surface area (Å²) in [7, 11) is 0. The van der Waals surface area contributed by atoms with Gasteiger partial charge in [-0.3, -0.25) is 4.79 Å². The molecule has 2 heterocycles. The minimum atomic E-state index is -4.39. The number of amides is 2. The van der Waals surface area contributed by atoms with Gasteiger partial charge in [0, 0.05) is 36.8 Å². The third kappa shape index (κ3) is 5.37. The van der Waals surface area contributed by atoms with E-state index in [9.17, 15) is 22.8 Å². The van der Waals surface area contributed by atoms with Gasteiger partial charge in [0.2, 0.25) is 0 Å². The number of carbonyl (C=O) groups is 2. The molecule has 3 rings (SSSR count). The Kier molecular flexibility index (Phi) is 6.26. The molecular weight excluding hydrogens is 393 g/mol. The zero-order valence-electron chi connectivity index (χ0n) is 15.8. The maximum Gasteiger partial charge on any atom is 0.411 e. The van der Waals surface area contributed by atoms with Crippen molar-refractivity contribution in [2.24, 2.45) is 0 Å². The summed E-state index contributed by atoms with van der Waals surface area (Å²) < 4.78 is 47.2. The molecule has 1 saturated heterocycles. The average molecular weight is 414 g/mol. The van der Waals surface area contributed by atoms with Crippen LogP contribution in [-0.2, 0) is 16.2 Å². The number of alkyl halides is 3. The van der Waals surface area contributed by atoms with E-state index in [1.165, 1.54) is 4.68 Å². The van der Waals surface area contributed by atoms with Gasteiger partial charge in [-0.15, -0.1) is 0 Å². The van der Waals surface area contributed by atoms with Crippen molar-refractivity contribution < 1.29 is 32.2 Å². The summed E-state index contributed by atoms with van der Waals surface area (Å²) in [6.07, 6.45) is -2.13. The Labute approximate surface area is 164 Å². The first-order valence-electron chi connectivity index (χ1n) is 9.06. The van der Waals surface area contributed by atoms with Crippen LogP contribution in [0.25, 0.3) is 10.9 Å². The molecule has 0 spiro atoms. The standard InChI is InChI=1S/C18H21F3N4O4/c1-12-13(16(26)22-5-8-28-10-18(19,20)21)3-4-15-14(12)9-25(23-15)11-29-17(27)24-6-2-7-24/h3-4,9H,2,5-8,10-11H2,1H3,(H,22,26). The second-order valence-corrected chi connectivity index (χ2v) is 6.64. The molecule has 0 atom stereocenters. The highest BCUT2D eigenvalue weighted by molar-refractivity contribution is 6.00. The van der Waals surface area contributed by atoms with Crippen LogP contribution in [0, 0.1) is 6.92 Å². The SMILES string of the molecule is Cc1c(C(=O)NCCOCC(F)(F)F)ccc2nn(COC(=O)N3CCC3)cc12. The van der Waals surface area contributed by atoms with Gasteiger partial charge in [-0.25, -0.2) is 9.48 Å². The van der Waals surface area contributed by atoms with Gasteiger partial charge in [0.05, 0.1) is 12.1 Å². The molecule has 158 valence electrons. The molecule has 1 aliphatic heterocycles. The van der Waals surface area contributed by atoms with E-state index in [1.54, 1.807) is 30.2 Å². The van der Waals surface area contributed by atoms with Gasteiger partial charge in [0.15, 0.2) is 6.73 Å². The van der Waals surface area contributed by atoms with Crippen LogP contribution in [0.3, 0.4) is 0 Å². The quantitative estimate of drug-likeness (QED) is 0.704. The van der Waals surface area contributed by atoms with Gasteiger partial charge in [-0.1, -0.05) is 0 Å². The number of ether oxygens (including phenoxy) is 2. The van der Waals surface area contributed by atoms with E-state index >= 15 is 0 Å². The number of rotatable bonds is 7. The molecule has 8 nitrogen and oxygen atoms in total. The second kappa shape index (κ2) is 8.68. The molecule has 0 aliphatic carbocycles. The van der Waals surface area contributed by atoms with E-state index in [0.717, 1.165) is 6.42 Å². The fraction of sp³-hybridized carbons (Fsp3) is 0.500. The Balaban J connectivity index is 1.57. The molecule has 2 amide bonds. The molecule has 11 heteroatoms. The smallest absolute Gasteiger partial charge is 0.411 e. The number of nitrogens with zero attached hydrogens (tertiary/aromatic N) is 3. The zero-order valence-corrected chi connectivity index (χ0v) is 15.8. The number of nitrogens with one attached hydrogen (secondary N) is 1. The Morgan fingerprint density at radius 3 is 2.69 bits per heavy atom. The zero-order chi connectivity index (χ0) is 21.0. The number of carbonyl (C=O) groups excluding carboxylic acids is 2. The van der Waals surface area contributed by atoms with Gasteiger partial charge >= 0.3 is 12.3 Å². The topological polar surface area (TPSA) is 85.7 Å². The van der Waals surface area contributed by atoms with Crippen molar-refractivity contribution >= 4 is 22.9 Å². The van der Waals surface area contributed by atoms with Crippen LogP contribution >= 0.6 is 0 Å². The highest BCUT2D eigenvalue weighted by Gasteiger charge is 2.27. The van der Waals surface area contributed by atoms with Crippen molar-refractivity contribution in [1.82, 2.24) is 20.0 Å². The van der Waals surface area contributed by atoms with Gasteiger partial charge < -0.3 is 19.7 Å². The fourth-order valence-corrected chi connectivity index (χ4v) is 2.82. The third-order valence-corrected chi connectivity index (χ3v) is 4.48. The minimum Gasteiger partial charge on any atom is -0.426 e. The number of hydrogen-bond acceptors (Lipinski definition) is 5. The van der Waals surface area contributed by atoms with Crippen molar-refractivity contribution in [3.05, 3.63) is 29.5 Å². The van der Waals surface area contributed by atoms with Crippen LogP contribution in [0.2, 0.25) is 0 Å². The fourth-order valence-electron chi connectivity index (χ4n) is 2.82. The van der Waals surface area contributed by atoms with Crippen molar-refractivity contribution in [2.45, 2.75) is 26.3 Å². The van der Waals surface area contributed by atoms with E-state index in [4.69, 9.17) is 4.74 Å². The average Bonchev–Trinajstić information content (AvgIpc) is 3.01. The number of fused-ring (bicyclic) bond motifs is 1. The van der Waals surface area contributed by atoms with Crippen molar-refractivity contribution in [1.29, 1.82) is 0 Å². The van der Waals surface area contributed by atoms with Crippen molar-refractivity contribution in [2.75, 3.05) is 32.8 Å². The van der Waals surface area contributed by atoms with Gasteiger partial charge in [-0.2, -0.15) is 18.3 Å². The van der Waals surface area contributed by atoms with E-state index in [1.807, 2.05) is 0 Å². The van der Waals surface area contributed by atoms with E-state index in [-0.39, 0.29) is 26.0 Å². The van der Waals surface area contributed by atoms with E-state index < -0.39 is 18.7 Å². The predicted octanol–water partition coefficient (Wildman–Crippen LogP) is 2.45. The minimum absolute atomic E-state index is 0.0402. The molecule has 29 heavy (non-hydrogen) atoms. The first-order valence-corrected chi connectivity index (χ1v) is 9.06. The number of halogens is 3. The maximum absolute atomic E-state index is 12.3. The molecular formula is C18H21F3N4O4. The maximum atomic E-state index is 12.3. The molecule has 1 aromatic heterocycles. The monoisotopic (exact) mass is 414 g/mol. The highest BCUT2D eigenvalue weighted by Crippen LogP contribution is 2.21. The summed E-state index contributed by atoms with van der Waals surface area (Å²) in [5, 5.41) is 7.56. The number of hydrogen-bond donors (Lipinski definition) is 1. The number of aryl methyl sites for hydroxylation is 1. The summed E-state index contributed by atoms with van der Waals surface area (Å²) in [5.74, 6) is -0.419. The van der Waals surface area contributed by atoms with Crippen LogP contribution in [0.15, 0.2) is 18.3 Å². The van der Waals surface area contributed by atoms with Gasteiger partial charge in [0.1, 0.15) is 6.61 Å². The lowest BCUT2D eigenvalue weighted by molar-refractivity contribution is -0.173. The van der Waals surface area contributed by atoms with Crippen molar-refractivity contribution in [3.8, 4) is 0 Å². The van der Waals surface area contributed by atoms with Crippen LogP contribution in [0.1, 0.15) is 22.3 Å². The van der Waals surface area contributed by atoms with Crippen LogP contribution in [0.4, 0.5) is 18.0 Å². The van der Waals surface area contributed by atoms with Crippen LogP contribution < -0.4 is 5.32 Å². The van der Waals surface area contributed by atoms with E-state index in [0.29, 0.717) is 35.1 Å². The lowest BCUT2D eigenvalue weighted by Crippen LogP contribution is -2.42. The first-order chi connectivity index (χ1) is 13.7.